The summed E-state index contributed by atoms with van der Waals surface area (Å²) in [5, 5.41) is 2.17. The number of hydrogen-bond acceptors (Lipinski definition) is 5. The van der Waals surface area contributed by atoms with Gasteiger partial charge in [-0.1, -0.05) is 31.0 Å². The molecule has 0 saturated heterocycles. The van der Waals surface area contributed by atoms with Crippen LogP contribution in [0, 0.1) is 0 Å². The Bertz CT molecular complexity index is 1060. The number of nitrogens with zero attached hydrogens (tertiary/aromatic N) is 2. The molecule has 1 fully saturated rings. The van der Waals surface area contributed by atoms with E-state index in [0.717, 1.165) is 29.5 Å². The first kappa shape index (κ1) is 27.0. The number of halogens is 3. The normalized spacial score (nSPS) is 18.8. The molecule has 9 heteroatoms. The quantitative estimate of drug-likeness (QED) is 0.217. The summed E-state index contributed by atoms with van der Waals surface area (Å²) in [4.78, 5) is 16.7. The zero-order valence-electron chi connectivity index (χ0n) is 20.8. The van der Waals surface area contributed by atoms with E-state index in [2.05, 4.69) is 33.6 Å². The van der Waals surface area contributed by atoms with Gasteiger partial charge in [-0.05, 0) is 63.0 Å². The van der Waals surface area contributed by atoms with Gasteiger partial charge in [-0.3, -0.25) is 14.5 Å². The van der Waals surface area contributed by atoms with Crippen LogP contribution in [0.2, 0.25) is 0 Å². The highest BCUT2D eigenvalue weighted by atomic mass is 32.2. The van der Waals surface area contributed by atoms with Crippen LogP contribution in [-0.2, 0) is 20.8 Å². The van der Waals surface area contributed by atoms with Gasteiger partial charge in [-0.15, -0.1) is 24.9 Å². The Morgan fingerprint density at radius 3 is 2.75 bits per heavy atom. The van der Waals surface area contributed by atoms with Crippen LogP contribution in [0.1, 0.15) is 81.9 Å². The SMILES string of the molecule is CCOC(=O)CC[C@@H]1CSC(c2cc3cccc(C4CCCC4)c3n2CCCCCOC(F)(F)F)=N1. The summed E-state index contributed by atoms with van der Waals surface area (Å²) in [7, 11) is 0. The van der Waals surface area contributed by atoms with Gasteiger partial charge in [0.1, 0.15) is 5.04 Å². The van der Waals surface area contributed by atoms with Crippen molar-refractivity contribution in [3.63, 3.8) is 0 Å². The predicted molar refractivity (Wildman–Crippen MR) is 138 cm³/mol. The number of esters is 1. The number of aryl methyl sites for hydroxylation is 1. The minimum atomic E-state index is -4.57. The fourth-order valence-electron chi connectivity index (χ4n) is 5.29. The van der Waals surface area contributed by atoms with Crippen LogP contribution in [0.25, 0.3) is 10.9 Å². The Kier molecular flexibility index (Phi) is 9.39. The van der Waals surface area contributed by atoms with E-state index in [1.165, 1.54) is 42.1 Å². The Hall–Kier alpha value is -2.00. The standard InChI is InChI=1S/C27H35F3N2O3S/c1-2-34-24(33)14-13-21-18-36-26(31-21)23-17-20-11-8-12-22(19-9-4-5-10-19)25(20)32(23)15-6-3-7-16-35-27(28,29)30/h8,11-12,17,19,21H,2-7,9-10,13-16,18H2,1H3/t21-/m1/s1. The minimum Gasteiger partial charge on any atom is -0.466 e. The van der Waals surface area contributed by atoms with Crippen LogP contribution in [0.5, 0.6) is 0 Å². The van der Waals surface area contributed by atoms with E-state index < -0.39 is 6.36 Å². The van der Waals surface area contributed by atoms with Crippen LogP contribution < -0.4 is 0 Å². The van der Waals surface area contributed by atoms with Crippen molar-refractivity contribution in [1.29, 1.82) is 0 Å². The zero-order valence-corrected chi connectivity index (χ0v) is 21.6. The molecule has 2 heterocycles. The molecule has 0 amide bonds. The van der Waals surface area contributed by atoms with E-state index in [4.69, 9.17) is 9.73 Å². The molecule has 0 radical (unpaired) electrons. The lowest BCUT2D eigenvalue weighted by atomic mass is 9.95. The summed E-state index contributed by atoms with van der Waals surface area (Å²) in [6, 6.07) is 8.80. The highest BCUT2D eigenvalue weighted by molar-refractivity contribution is 8.14. The van der Waals surface area contributed by atoms with Crippen molar-refractivity contribution in [2.75, 3.05) is 19.0 Å². The number of para-hydroxylation sites is 1. The van der Waals surface area contributed by atoms with Gasteiger partial charge in [-0.25, -0.2) is 0 Å². The molecule has 1 aromatic carbocycles. The summed E-state index contributed by atoms with van der Waals surface area (Å²) < 4.78 is 48.2. The molecule has 1 aliphatic carbocycles. The highest BCUT2D eigenvalue weighted by Crippen LogP contribution is 2.39. The first-order chi connectivity index (χ1) is 17.4. The van der Waals surface area contributed by atoms with Crippen molar-refractivity contribution in [2.45, 2.75) is 89.6 Å². The van der Waals surface area contributed by atoms with Crippen LogP contribution in [0.15, 0.2) is 29.3 Å². The Morgan fingerprint density at radius 2 is 2.00 bits per heavy atom. The second-order valence-corrected chi connectivity index (χ2v) is 10.6. The average Bonchev–Trinajstić information content (AvgIpc) is 3.59. The summed E-state index contributed by atoms with van der Waals surface area (Å²) in [5.41, 5.74) is 3.69. The summed E-state index contributed by atoms with van der Waals surface area (Å²) in [6.45, 7) is 2.61. The van der Waals surface area contributed by atoms with E-state index >= 15 is 0 Å². The second-order valence-electron chi connectivity index (χ2n) is 9.55. The van der Waals surface area contributed by atoms with Gasteiger partial charge < -0.3 is 9.30 Å². The van der Waals surface area contributed by atoms with Crippen molar-refractivity contribution in [3.05, 3.63) is 35.5 Å². The molecule has 0 bridgehead atoms. The molecule has 0 N–H and O–H groups in total. The molecule has 36 heavy (non-hydrogen) atoms. The van der Waals surface area contributed by atoms with Gasteiger partial charge in [-0.2, -0.15) is 0 Å². The molecule has 2 aromatic rings. The van der Waals surface area contributed by atoms with Crippen LogP contribution in [0.4, 0.5) is 13.2 Å². The molecular formula is C27H35F3N2O3S. The predicted octanol–water partition coefficient (Wildman–Crippen LogP) is 7.21. The van der Waals surface area contributed by atoms with Crippen molar-refractivity contribution < 1.29 is 27.4 Å². The van der Waals surface area contributed by atoms with E-state index in [-0.39, 0.29) is 18.6 Å². The maximum atomic E-state index is 12.3. The lowest BCUT2D eigenvalue weighted by molar-refractivity contribution is -0.324. The monoisotopic (exact) mass is 524 g/mol. The molecule has 0 spiro atoms. The van der Waals surface area contributed by atoms with E-state index in [0.29, 0.717) is 38.2 Å². The molecule has 1 saturated carbocycles. The van der Waals surface area contributed by atoms with Crippen molar-refractivity contribution in [3.8, 4) is 0 Å². The number of aliphatic imine (C=N–C) groups is 1. The number of rotatable bonds is 12. The molecule has 198 valence electrons. The van der Waals surface area contributed by atoms with Gasteiger partial charge in [0.2, 0.25) is 0 Å². The fraction of sp³-hybridized carbons (Fsp3) is 0.630. The number of hydrogen-bond donors (Lipinski definition) is 0. The maximum Gasteiger partial charge on any atom is 0.522 e. The maximum absolute atomic E-state index is 12.3. The highest BCUT2D eigenvalue weighted by Gasteiger charge is 2.29. The lowest BCUT2D eigenvalue weighted by Gasteiger charge is -2.17. The number of aromatic nitrogens is 1. The van der Waals surface area contributed by atoms with Crippen LogP contribution in [-0.4, -0.2) is 47.0 Å². The zero-order chi connectivity index (χ0) is 25.5. The van der Waals surface area contributed by atoms with Gasteiger partial charge in [0, 0.05) is 24.1 Å². The number of carbonyl (C=O) groups excluding carboxylic acids is 1. The molecular weight excluding hydrogens is 489 g/mol. The number of carbonyl (C=O) groups is 1. The molecule has 5 nitrogen and oxygen atoms in total. The molecule has 1 aliphatic heterocycles. The Morgan fingerprint density at radius 1 is 1.19 bits per heavy atom. The number of unbranched alkanes of at least 4 members (excludes halogenated alkanes) is 2. The van der Waals surface area contributed by atoms with Gasteiger partial charge in [0.15, 0.2) is 0 Å². The van der Waals surface area contributed by atoms with Crippen molar-refractivity contribution in [2.24, 2.45) is 4.99 Å². The molecule has 1 atom stereocenters. The average molecular weight is 525 g/mol. The second kappa shape index (κ2) is 12.5. The Balaban J connectivity index is 1.53. The first-order valence-electron chi connectivity index (χ1n) is 13.0. The van der Waals surface area contributed by atoms with Crippen LogP contribution in [0.3, 0.4) is 0 Å². The van der Waals surface area contributed by atoms with Crippen molar-refractivity contribution >= 4 is 33.7 Å². The topological polar surface area (TPSA) is 52.8 Å². The number of ether oxygens (including phenoxy) is 2. The van der Waals surface area contributed by atoms with E-state index in [1.807, 2.05) is 6.92 Å². The van der Waals surface area contributed by atoms with E-state index in [1.54, 1.807) is 11.8 Å². The fourth-order valence-corrected chi connectivity index (χ4v) is 6.42. The summed E-state index contributed by atoms with van der Waals surface area (Å²) in [6.07, 6.45) is 3.14. The van der Waals surface area contributed by atoms with Gasteiger partial charge >= 0.3 is 12.3 Å². The molecule has 1 aromatic heterocycles. The number of benzene rings is 1. The molecule has 4 rings (SSSR count). The van der Waals surface area contributed by atoms with Crippen LogP contribution >= 0.6 is 11.8 Å². The van der Waals surface area contributed by atoms with E-state index in [9.17, 15) is 18.0 Å². The summed E-state index contributed by atoms with van der Waals surface area (Å²) in [5.74, 6) is 1.20. The third-order valence-electron chi connectivity index (χ3n) is 6.96. The number of thioether (sulfide) groups is 1. The van der Waals surface area contributed by atoms with Gasteiger partial charge in [0.05, 0.1) is 30.5 Å². The third kappa shape index (κ3) is 7.06. The van der Waals surface area contributed by atoms with Gasteiger partial charge in [0.25, 0.3) is 0 Å². The number of fused-ring (bicyclic) bond motifs is 1. The smallest absolute Gasteiger partial charge is 0.466 e. The molecule has 0 unspecified atom stereocenters. The Labute approximate surface area is 214 Å². The molecule has 2 aliphatic rings. The summed E-state index contributed by atoms with van der Waals surface area (Å²) >= 11 is 1.72. The largest absolute Gasteiger partial charge is 0.522 e. The number of alkyl halides is 3. The lowest BCUT2D eigenvalue weighted by Crippen LogP contribution is -2.14. The third-order valence-corrected chi connectivity index (χ3v) is 8.10. The first-order valence-corrected chi connectivity index (χ1v) is 14.0. The van der Waals surface area contributed by atoms with Crippen molar-refractivity contribution in [1.82, 2.24) is 4.57 Å². The minimum absolute atomic E-state index is 0.0784.